The van der Waals surface area contributed by atoms with E-state index in [4.69, 9.17) is 10.1 Å². The van der Waals surface area contributed by atoms with E-state index in [-0.39, 0.29) is 5.41 Å². The van der Waals surface area contributed by atoms with Crippen LogP contribution >= 0.6 is 0 Å². The molecule has 6 heteroatoms. The quantitative estimate of drug-likeness (QED) is 0.666. The van der Waals surface area contributed by atoms with Gasteiger partial charge in [0.15, 0.2) is 5.82 Å². The Balaban J connectivity index is 1.61. The fourth-order valence-corrected chi connectivity index (χ4v) is 3.56. The van der Waals surface area contributed by atoms with Gasteiger partial charge in [-0.15, -0.1) is 0 Å². The van der Waals surface area contributed by atoms with Crippen molar-refractivity contribution in [2.75, 3.05) is 0 Å². The van der Waals surface area contributed by atoms with Gasteiger partial charge in [0, 0.05) is 19.2 Å². The largest absolute Gasteiger partial charge is 0.391 e. The summed E-state index contributed by atoms with van der Waals surface area (Å²) in [7, 11) is 0. The van der Waals surface area contributed by atoms with Crippen molar-refractivity contribution in [1.82, 2.24) is 24.5 Å². The van der Waals surface area contributed by atoms with E-state index in [0.29, 0.717) is 13.0 Å². The van der Waals surface area contributed by atoms with Gasteiger partial charge in [-0.3, -0.25) is 4.68 Å². The molecule has 1 atom stereocenters. The zero-order chi connectivity index (χ0) is 18.9. The Hall–Kier alpha value is -2.47. The summed E-state index contributed by atoms with van der Waals surface area (Å²) < 4.78 is 3.84. The van der Waals surface area contributed by atoms with E-state index in [0.717, 1.165) is 43.1 Å². The lowest BCUT2D eigenvalue weighted by molar-refractivity contribution is 0.143. The molecular formula is C21H27N5O. The molecule has 0 spiro atoms. The maximum Gasteiger partial charge on any atom is 0.161 e. The second-order valence-electron chi connectivity index (χ2n) is 7.51. The molecule has 0 radical (unpaired) electrons. The zero-order valence-electron chi connectivity index (χ0n) is 16.0. The van der Waals surface area contributed by atoms with Gasteiger partial charge >= 0.3 is 0 Å². The Morgan fingerprint density at radius 2 is 1.93 bits per heavy atom. The van der Waals surface area contributed by atoms with Gasteiger partial charge in [-0.1, -0.05) is 37.3 Å². The van der Waals surface area contributed by atoms with Crippen molar-refractivity contribution in [1.29, 1.82) is 0 Å². The first-order chi connectivity index (χ1) is 13.1. The first-order valence-electron chi connectivity index (χ1n) is 9.78. The lowest BCUT2D eigenvalue weighted by Gasteiger charge is -2.11. The average Bonchev–Trinajstić information content (AvgIpc) is 3.25. The highest BCUT2D eigenvalue weighted by atomic mass is 16.3. The molecule has 1 N–H and O–H groups in total. The van der Waals surface area contributed by atoms with Crippen molar-refractivity contribution in [3.63, 3.8) is 0 Å². The first-order valence-corrected chi connectivity index (χ1v) is 9.78. The molecule has 0 amide bonds. The van der Waals surface area contributed by atoms with Crippen LogP contribution in [0.3, 0.4) is 0 Å². The lowest BCUT2D eigenvalue weighted by atomic mass is 9.95. The number of benzene rings is 1. The highest BCUT2D eigenvalue weighted by molar-refractivity contribution is 5.39. The number of hydrogen-bond acceptors (Lipinski definition) is 4. The van der Waals surface area contributed by atoms with Crippen LogP contribution in [0.2, 0.25) is 0 Å². The third kappa shape index (κ3) is 3.67. The van der Waals surface area contributed by atoms with Crippen molar-refractivity contribution < 1.29 is 5.11 Å². The topological polar surface area (TPSA) is 68.8 Å². The van der Waals surface area contributed by atoms with Crippen molar-refractivity contribution in [3.05, 3.63) is 65.5 Å². The molecule has 27 heavy (non-hydrogen) atoms. The van der Waals surface area contributed by atoms with Gasteiger partial charge in [-0.2, -0.15) is 10.2 Å². The maximum atomic E-state index is 10.2. The van der Waals surface area contributed by atoms with Gasteiger partial charge in [0.2, 0.25) is 0 Å². The summed E-state index contributed by atoms with van der Waals surface area (Å²) in [6.45, 7) is 5.22. The smallest absolute Gasteiger partial charge is 0.161 e. The SMILES string of the molecule is CCC(O)Cn1nc(C2(c3ccccc3)CC2)nc1CCn1ccc(C)n1. The molecule has 3 aromatic rings. The van der Waals surface area contributed by atoms with Gasteiger partial charge in [0.25, 0.3) is 0 Å². The third-order valence-electron chi connectivity index (χ3n) is 5.45. The van der Waals surface area contributed by atoms with Crippen molar-refractivity contribution >= 4 is 0 Å². The van der Waals surface area contributed by atoms with Crippen molar-refractivity contribution in [2.45, 2.75) is 64.1 Å². The van der Waals surface area contributed by atoms with E-state index in [1.54, 1.807) is 0 Å². The number of nitrogens with zero attached hydrogens (tertiary/aromatic N) is 5. The van der Waals surface area contributed by atoms with Gasteiger partial charge in [0.05, 0.1) is 23.8 Å². The van der Waals surface area contributed by atoms with Crippen LogP contribution < -0.4 is 0 Å². The Kier molecular flexibility index (Phi) is 4.83. The van der Waals surface area contributed by atoms with E-state index >= 15 is 0 Å². The molecule has 0 saturated heterocycles. The molecule has 2 aromatic heterocycles. The summed E-state index contributed by atoms with van der Waals surface area (Å²) in [6, 6.07) is 12.5. The minimum Gasteiger partial charge on any atom is -0.391 e. The van der Waals surface area contributed by atoms with Gasteiger partial charge in [0.1, 0.15) is 5.82 Å². The summed E-state index contributed by atoms with van der Waals surface area (Å²) in [5.74, 6) is 1.82. The van der Waals surface area contributed by atoms with Crippen LogP contribution in [-0.2, 0) is 24.9 Å². The zero-order valence-corrected chi connectivity index (χ0v) is 16.0. The number of hydrogen-bond donors (Lipinski definition) is 1. The van der Waals surface area contributed by atoms with Crippen LogP contribution in [0.25, 0.3) is 0 Å². The third-order valence-corrected chi connectivity index (χ3v) is 5.45. The molecule has 6 nitrogen and oxygen atoms in total. The normalized spacial score (nSPS) is 16.4. The maximum absolute atomic E-state index is 10.2. The van der Waals surface area contributed by atoms with Crippen LogP contribution in [0.4, 0.5) is 0 Å². The molecule has 2 heterocycles. The fourth-order valence-electron chi connectivity index (χ4n) is 3.56. The first kappa shape index (κ1) is 17.9. The molecule has 0 aliphatic heterocycles. The Morgan fingerprint density at radius 1 is 1.15 bits per heavy atom. The molecule has 4 rings (SSSR count). The second kappa shape index (κ2) is 7.27. The monoisotopic (exact) mass is 365 g/mol. The highest BCUT2D eigenvalue weighted by Crippen LogP contribution is 2.52. The molecule has 0 bridgehead atoms. The van der Waals surface area contributed by atoms with Crippen LogP contribution in [0, 0.1) is 6.92 Å². The summed E-state index contributed by atoms with van der Waals surface area (Å²) in [5, 5.41) is 19.5. The predicted molar refractivity (Wildman–Crippen MR) is 103 cm³/mol. The second-order valence-corrected chi connectivity index (χ2v) is 7.51. The Labute approximate surface area is 159 Å². The van der Waals surface area contributed by atoms with Crippen LogP contribution in [0.1, 0.15) is 49.1 Å². The minimum atomic E-state index is -0.405. The van der Waals surface area contributed by atoms with E-state index in [1.165, 1.54) is 5.56 Å². The van der Waals surface area contributed by atoms with E-state index in [1.807, 2.05) is 41.5 Å². The number of aliphatic hydroxyl groups is 1. The standard InChI is InChI=1S/C21H27N5O/c1-3-18(27)15-26-19(10-14-25-13-9-16(2)23-25)22-20(24-26)21(11-12-21)17-7-5-4-6-8-17/h4-9,13,18,27H,3,10-12,14-15H2,1-2H3. The summed E-state index contributed by atoms with van der Waals surface area (Å²) >= 11 is 0. The number of aromatic nitrogens is 5. The molecule has 142 valence electrons. The fraction of sp³-hybridized carbons (Fsp3) is 0.476. The molecule has 1 aliphatic carbocycles. The van der Waals surface area contributed by atoms with Gasteiger partial charge in [-0.05, 0) is 37.8 Å². The molecule has 1 saturated carbocycles. The molecule has 1 unspecified atom stereocenters. The van der Waals surface area contributed by atoms with Crippen molar-refractivity contribution in [2.24, 2.45) is 0 Å². The molecule has 1 aliphatic rings. The highest BCUT2D eigenvalue weighted by Gasteiger charge is 2.49. The van der Waals surface area contributed by atoms with Gasteiger partial charge in [-0.25, -0.2) is 9.67 Å². The van der Waals surface area contributed by atoms with Crippen LogP contribution in [0.5, 0.6) is 0 Å². The Bertz CT molecular complexity index is 894. The van der Waals surface area contributed by atoms with E-state index in [9.17, 15) is 5.11 Å². The molecular weight excluding hydrogens is 338 g/mol. The number of aliphatic hydroxyl groups excluding tert-OH is 1. The minimum absolute atomic E-state index is 0.0548. The lowest BCUT2D eigenvalue weighted by Crippen LogP contribution is -2.19. The summed E-state index contributed by atoms with van der Waals surface area (Å²) in [5.41, 5.74) is 2.24. The Morgan fingerprint density at radius 3 is 2.56 bits per heavy atom. The van der Waals surface area contributed by atoms with Gasteiger partial charge < -0.3 is 5.11 Å². The van der Waals surface area contributed by atoms with Crippen LogP contribution in [0.15, 0.2) is 42.6 Å². The van der Waals surface area contributed by atoms with Crippen molar-refractivity contribution in [3.8, 4) is 0 Å². The van der Waals surface area contributed by atoms with Crippen LogP contribution in [-0.4, -0.2) is 35.8 Å². The number of rotatable bonds is 8. The molecule has 1 fully saturated rings. The predicted octanol–water partition coefficient (Wildman–Crippen LogP) is 2.88. The average molecular weight is 365 g/mol. The summed E-state index contributed by atoms with van der Waals surface area (Å²) in [6.07, 6.45) is 5.19. The summed E-state index contributed by atoms with van der Waals surface area (Å²) in [4.78, 5) is 4.93. The number of aryl methyl sites for hydroxylation is 3. The molecule has 1 aromatic carbocycles. The van der Waals surface area contributed by atoms with E-state index < -0.39 is 6.10 Å². The van der Waals surface area contributed by atoms with E-state index in [2.05, 4.69) is 29.4 Å².